The molecule has 0 atom stereocenters. The number of nitrogens with one attached hydrogen (secondary N) is 1. The minimum Gasteiger partial charge on any atom is -0.444 e. The summed E-state index contributed by atoms with van der Waals surface area (Å²) in [5.41, 5.74) is -1.61. The zero-order chi connectivity index (χ0) is 18.3. The van der Waals surface area contributed by atoms with E-state index in [1.165, 1.54) is 6.20 Å². The van der Waals surface area contributed by atoms with Crippen LogP contribution in [0.25, 0.3) is 0 Å². The summed E-state index contributed by atoms with van der Waals surface area (Å²) in [4.78, 5) is 15.7. The molecule has 24 heavy (non-hydrogen) atoms. The molecule has 1 aliphatic heterocycles. The van der Waals surface area contributed by atoms with E-state index in [2.05, 4.69) is 10.3 Å². The van der Waals surface area contributed by atoms with Crippen molar-refractivity contribution >= 4 is 24.5 Å². The molecule has 1 aliphatic rings. The minimum absolute atomic E-state index is 0.0574. The lowest BCUT2D eigenvalue weighted by Gasteiger charge is -2.32. The normalized spacial score (nSPS) is 19.2. The molecule has 6 nitrogen and oxygen atoms in total. The Morgan fingerprint density at radius 2 is 1.79 bits per heavy atom. The number of pyridine rings is 1. The molecule has 1 amide bonds. The number of halogens is 1. The van der Waals surface area contributed by atoms with Crippen LogP contribution < -0.4 is 10.8 Å². The molecule has 1 N–H and O–H groups in total. The van der Waals surface area contributed by atoms with Gasteiger partial charge in [0.25, 0.3) is 0 Å². The van der Waals surface area contributed by atoms with Crippen LogP contribution in [0.2, 0.25) is 0 Å². The van der Waals surface area contributed by atoms with Gasteiger partial charge in [0.2, 0.25) is 0 Å². The van der Waals surface area contributed by atoms with Gasteiger partial charge in [0.1, 0.15) is 17.2 Å². The zero-order valence-corrected chi connectivity index (χ0v) is 15.2. The van der Waals surface area contributed by atoms with Gasteiger partial charge in [-0.05, 0) is 48.5 Å². The predicted molar refractivity (Wildman–Crippen MR) is 89.8 cm³/mol. The number of ether oxygens (including phenoxy) is 1. The van der Waals surface area contributed by atoms with Gasteiger partial charge in [-0.25, -0.2) is 14.2 Å². The Bertz CT molecular complexity index is 627. The summed E-state index contributed by atoms with van der Waals surface area (Å²) in [6, 6.07) is 1.12. The molecule has 2 heterocycles. The molecule has 0 radical (unpaired) electrons. The first kappa shape index (κ1) is 18.7. The Balaban J connectivity index is 2.13. The number of rotatable bonds is 2. The van der Waals surface area contributed by atoms with Crippen molar-refractivity contribution in [3.8, 4) is 0 Å². The number of hydrogen-bond acceptors (Lipinski definition) is 5. The molecule has 8 heteroatoms. The molecule has 1 saturated heterocycles. The summed E-state index contributed by atoms with van der Waals surface area (Å²) in [6.45, 7) is 12.8. The van der Waals surface area contributed by atoms with Gasteiger partial charge in [-0.1, -0.05) is 0 Å². The molecule has 0 saturated carbocycles. The van der Waals surface area contributed by atoms with Crippen molar-refractivity contribution in [2.45, 2.75) is 65.3 Å². The average Bonchev–Trinajstić information content (AvgIpc) is 2.55. The van der Waals surface area contributed by atoms with Gasteiger partial charge >= 0.3 is 13.2 Å². The summed E-state index contributed by atoms with van der Waals surface area (Å²) in [7, 11) is -0.849. The molecule has 1 aromatic heterocycles. The highest BCUT2D eigenvalue weighted by Crippen LogP contribution is 2.36. The predicted octanol–water partition coefficient (Wildman–Crippen LogP) is 2.87. The molecule has 0 bridgehead atoms. The van der Waals surface area contributed by atoms with Gasteiger partial charge in [0, 0.05) is 17.7 Å². The van der Waals surface area contributed by atoms with Crippen LogP contribution in [0.1, 0.15) is 48.5 Å². The van der Waals surface area contributed by atoms with E-state index in [0.717, 1.165) is 6.07 Å². The molecule has 0 spiro atoms. The lowest BCUT2D eigenvalue weighted by atomic mass is 9.80. The van der Waals surface area contributed by atoms with Crippen LogP contribution in [-0.4, -0.2) is 35.0 Å². The van der Waals surface area contributed by atoms with Crippen molar-refractivity contribution in [1.29, 1.82) is 0 Å². The number of amides is 1. The fourth-order valence-corrected chi connectivity index (χ4v) is 2.06. The summed E-state index contributed by atoms with van der Waals surface area (Å²) >= 11 is 0. The van der Waals surface area contributed by atoms with Crippen molar-refractivity contribution in [3.05, 3.63) is 18.1 Å². The van der Waals surface area contributed by atoms with Gasteiger partial charge < -0.3 is 14.0 Å². The first-order chi connectivity index (χ1) is 10.8. The number of carbonyl (C=O) groups excluding carboxylic acids is 1. The second-order valence-electron chi connectivity index (χ2n) is 7.81. The highest BCUT2D eigenvalue weighted by molar-refractivity contribution is 6.62. The first-order valence-electron chi connectivity index (χ1n) is 7.82. The molecular weight excluding hydrogens is 314 g/mol. The summed E-state index contributed by atoms with van der Waals surface area (Å²) in [5, 5.41) is 2.40. The summed E-state index contributed by atoms with van der Waals surface area (Å²) < 4.78 is 31.1. The SMILES string of the molecule is CC(C)(C)OC(=O)Nc1cc(F)c(B2OC(C)(C)C(C)(C)O2)cn1. The maximum atomic E-state index is 14.4. The Labute approximate surface area is 142 Å². The van der Waals surface area contributed by atoms with Gasteiger partial charge in [0.05, 0.1) is 11.2 Å². The van der Waals surface area contributed by atoms with E-state index < -0.39 is 35.8 Å². The summed E-state index contributed by atoms with van der Waals surface area (Å²) in [6.07, 6.45) is 0.599. The molecule has 2 rings (SSSR count). The van der Waals surface area contributed by atoms with Crippen LogP contribution in [0, 0.1) is 5.82 Å². The van der Waals surface area contributed by atoms with E-state index in [0.29, 0.717) is 0 Å². The highest BCUT2D eigenvalue weighted by atomic mass is 19.1. The Hall–Kier alpha value is -1.67. The number of anilines is 1. The van der Waals surface area contributed by atoms with Gasteiger partial charge in [-0.3, -0.25) is 5.32 Å². The monoisotopic (exact) mass is 338 g/mol. The number of hydrogen-bond donors (Lipinski definition) is 1. The van der Waals surface area contributed by atoms with E-state index in [9.17, 15) is 9.18 Å². The topological polar surface area (TPSA) is 69.7 Å². The minimum atomic E-state index is -0.849. The number of aromatic nitrogens is 1. The fourth-order valence-electron chi connectivity index (χ4n) is 2.06. The maximum Gasteiger partial charge on any atom is 0.499 e. The molecule has 1 fully saturated rings. The summed E-state index contributed by atoms with van der Waals surface area (Å²) in [5.74, 6) is -0.517. The molecule has 0 aromatic carbocycles. The van der Waals surface area contributed by atoms with Crippen molar-refractivity contribution in [3.63, 3.8) is 0 Å². The third-order valence-electron chi connectivity index (χ3n) is 4.02. The van der Waals surface area contributed by atoms with Crippen LogP contribution in [-0.2, 0) is 14.0 Å². The van der Waals surface area contributed by atoms with Crippen molar-refractivity contribution in [2.75, 3.05) is 5.32 Å². The quantitative estimate of drug-likeness (QED) is 0.840. The van der Waals surface area contributed by atoms with Gasteiger partial charge in [-0.15, -0.1) is 0 Å². The molecule has 0 aliphatic carbocycles. The number of nitrogens with zero attached hydrogens (tertiary/aromatic N) is 1. The first-order valence-corrected chi connectivity index (χ1v) is 7.82. The van der Waals surface area contributed by atoms with E-state index in [-0.39, 0.29) is 11.3 Å². The maximum absolute atomic E-state index is 14.4. The second kappa shape index (κ2) is 6.00. The third-order valence-corrected chi connectivity index (χ3v) is 4.02. The van der Waals surface area contributed by atoms with E-state index >= 15 is 0 Å². The van der Waals surface area contributed by atoms with E-state index in [1.807, 2.05) is 27.7 Å². The molecule has 1 aromatic rings. The van der Waals surface area contributed by atoms with Crippen LogP contribution in [0.3, 0.4) is 0 Å². The molecule has 132 valence electrons. The van der Waals surface area contributed by atoms with Crippen LogP contribution in [0.5, 0.6) is 0 Å². The van der Waals surface area contributed by atoms with Crippen LogP contribution >= 0.6 is 0 Å². The van der Waals surface area contributed by atoms with Crippen molar-refractivity contribution in [2.24, 2.45) is 0 Å². The zero-order valence-electron chi connectivity index (χ0n) is 15.2. The van der Waals surface area contributed by atoms with E-state index in [1.54, 1.807) is 20.8 Å². The largest absolute Gasteiger partial charge is 0.499 e. The van der Waals surface area contributed by atoms with Gasteiger partial charge in [-0.2, -0.15) is 0 Å². The Kier molecular flexibility index (Phi) is 4.67. The van der Waals surface area contributed by atoms with Crippen molar-refractivity contribution < 1.29 is 23.2 Å². The van der Waals surface area contributed by atoms with Crippen LogP contribution in [0.15, 0.2) is 12.3 Å². The Morgan fingerprint density at radius 1 is 1.25 bits per heavy atom. The van der Waals surface area contributed by atoms with Gasteiger partial charge in [0.15, 0.2) is 0 Å². The van der Waals surface area contributed by atoms with Crippen molar-refractivity contribution in [1.82, 2.24) is 4.98 Å². The molecule has 0 unspecified atom stereocenters. The molecular formula is C16H24BFN2O4. The lowest BCUT2D eigenvalue weighted by molar-refractivity contribution is 0.00578. The lowest BCUT2D eigenvalue weighted by Crippen LogP contribution is -2.41. The highest BCUT2D eigenvalue weighted by Gasteiger charge is 2.52. The average molecular weight is 338 g/mol. The van der Waals surface area contributed by atoms with Crippen LogP contribution in [0.4, 0.5) is 15.0 Å². The Morgan fingerprint density at radius 3 is 2.25 bits per heavy atom. The fraction of sp³-hybridized carbons (Fsp3) is 0.625. The van der Waals surface area contributed by atoms with E-state index in [4.69, 9.17) is 14.0 Å². The second-order valence-corrected chi connectivity index (χ2v) is 7.81. The standard InChI is InChI=1S/C16H24BFN2O4/c1-14(2,3)22-13(21)20-12-8-11(18)10(9-19-12)17-23-15(4,5)16(6,7)24-17/h8-9H,1-7H3,(H,19,20,21). The third kappa shape index (κ3) is 4.05. The number of carbonyl (C=O) groups is 1. The smallest absolute Gasteiger partial charge is 0.444 e.